The van der Waals surface area contributed by atoms with Crippen molar-refractivity contribution in [2.75, 3.05) is 24.5 Å². The molecule has 1 fully saturated rings. The van der Waals surface area contributed by atoms with Crippen molar-refractivity contribution < 1.29 is 16.8 Å². The van der Waals surface area contributed by atoms with Gasteiger partial charge in [0.15, 0.2) is 19.7 Å². The number of hydrogen-bond acceptors (Lipinski definition) is 5. The summed E-state index contributed by atoms with van der Waals surface area (Å²) in [5.74, 6) is 0.710. The van der Waals surface area contributed by atoms with Gasteiger partial charge in [-0.05, 0) is 49.8 Å². The third kappa shape index (κ3) is 4.26. The molecule has 130 valence electrons. The summed E-state index contributed by atoms with van der Waals surface area (Å²) < 4.78 is 47.7. The van der Waals surface area contributed by atoms with Crippen molar-refractivity contribution >= 4 is 25.4 Å². The molecule has 1 aliphatic rings. The van der Waals surface area contributed by atoms with E-state index < -0.39 is 19.7 Å². The highest BCUT2D eigenvalue weighted by Gasteiger charge is 2.26. The third-order valence-corrected chi connectivity index (χ3v) is 6.91. The molecule has 7 heteroatoms. The molecule has 0 bridgehead atoms. The van der Waals surface area contributed by atoms with Gasteiger partial charge in [0.1, 0.15) is 0 Å². The van der Waals surface area contributed by atoms with Crippen molar-refractivity contribution in [1.82, 2.24) is 0 Å². The summed E-state index contributed by atoms with van der Waals surface area (Å²) in [7, 11) is -5.07. The molecule has 0 unspecified atom stereocenters. The van der Waals surface area contributed by atoms with Crippen LogP contribution in [-0.2, 0) is 19.7 Å². The second-order valence-electron chi connectivity index (χ2n) is 6.70. The molecule has 0 radical (unpaired) electrons. The van der Waals surface area contributed by atoms with Crippen LogP contribution in [0.5, 0.6) is 0 Å². The van der Waals surface area contributed by atoms with Gasteiger partial charge in [-0.1, -0.05) is 6.92 Å². The smallest absolute Gasteiger partial charge is 0.177 e. The predicted octanol–water partition coefficient (Wildman–Crippen LogP) is 2.51. The Morgan fingerprint density at radius 2 is 1.52 bits per heavy atom. The van der Waals surface area contributed by atoms with Crippen LogP contribution < -0.4 is 4.90 Å². The van der Waals surface area contributed by atoms with Gasteiger partial charge in [0, 0.05) is 25.6 Å². The summed E-state index contributed by atoms with van der Waals surface area (Å²) in [4.78, 5) is 2.11. The van der Waals surface area contributed by atoms with Gasteiger partial charge in [-0.25, -0.2) is 16.8 Å². The number of rotatable bonds is 4. The number of hydrogen-bond donors (Lipinski definition) is 0. The molecule has 5 nitrogen and oxygen atoms in total. The van der Waals surface area contributed by atoms with Crippen molar-refractivity contribution in [3.05, 3.63) is 18.2 Å². The van der Waals surface area contributed by atoms with Crippen LogP contribution in [0.2, 0.25) is 0 Å². The topological polar surface area (TPSA) is 71.5 Å². The summed E-state index contributed by atoms with van der Waals surface area (Å²) >= 11 is 0. The van der Waals surface area contributed by atoms with Crippen LogP contribution in [0.25, 0.3) is 0 Å². The van der Waals surface area contributed by atoms with Crippen molar-refractivity contribution in [2.45, 2.75) is 48.4 Å². The number of nitrogens with zero attached hydrogens (tertiary/aromatic N) is 1. The fraction of sp³-hybridized carbons (Fsp3) is 0.625. The fourth-order valence-corrected chi connectivity index (χ4v) is 4.79. The van der Waals surface area contributed by atoms with Crippen LogP contribution in [0, 0.1) is 5.92 Å². The first-order valence-electron chi connectivity index (χ1n) is 7.77. The van der Waals surface area contributed by atoms with Crippen molar-refractivity contribution in [1.29, 1.82) is 0 Å². The highest BCUT2D eigenvalue weighted by atomic mass is 32.2. The molecular weight excluding hydrogens is 334 g/mol. The van der Waals surface area contributed by atoms with Gasteiger partial charge >= 0.3 is 0 Å². The highest BCUT2D eigenvalue weighted by Crippen LogP contribution is 2.33. The van der Waals surface area contributed by atoms with Crippen LogP contribution >= 0.6 is 0 Å². The number of benzene rings is 1. The minimum Gasteiger partial charge on any atom is -0.371 e. The Hall–Kier alpha value is -1.08. The molecule has 0 heterocycles. The van der Waals surface area contributed by atoms with Crippen LogP contribution in [0.4, 0.5) is 5.69 Å². The molecule has 0 aliphatic heterocycles. The Morgan fingerprint density at radius 3 is 2.00 bits per heavy atom. The Kier molecular flexibility index (Phi) is 5.11. The van der Waals surface area contributed by atoms with Crippen molar-refractivity contribution in [3.8, 4) is 0 Å². The summed E-state index contributed by atoms with van der Waals surface area (Å²) in [5.41, 5.74) is 0.583. The van der Waals surface area contributed by atoms with Gasteiger partial charge in [-0.2, -0.15) is 0 Å². The predicted molar refractivity (Wildman–Crippen MR) is 92.5 cm³/mol. The molecule has 0 aromatic heterocycles. The van der Waals surface area contributed by atoms with Crippen LogP contribution in [0.15, 0.2) is 28.0 Å². The quantitative estimate of drug-likeness (QED) is 0.826. The van der Waals surface area contributed by atoms with E-state index in [2.05, 4.69) is 6.92 Å². The molecule has 0 saturated heterocycles. The fourth-order valence-electron chi connectivity index (χ4n) is 3.14. The SMILES string of the molecule is CC1CCC(N(C)c2ccc(S(C)(=O)=O)cc2S(C)(=O)=O)CC1. The molecule has 1 aromatic carbocycles. The van der Waals surface area contributed by atoms with Gasteiger partial charge < -0.3 is 4.90 Å². The lowest BCUT2D eigenvalue weighted by atomic mass is 9.86. The number of anilines is 1. The molecule has 23 heavy (non-hydrogen) atoms. The van der Waals surface area contributed by atoms with Gasteiger partial charge in [0.05, 0.1) is 15.5 Å². The lowest BCUT2D eigenvalue weighted by Crippen LogP contribution is -2.35. The van der Waals surface area contributed by atoms with Crippen LogP contribution in [0.3, 0.4) is 0 Å². The second kappa shape index (κ2) is 6.43. The molecule has 0 amide bonds. The van der Waals surface area contributed by atoms with E-state index in [0.717, 1.165) is 38.2 Å². The van der Waals surface area contributed by atoms with Crippen molar-refractivity contribution in [3.63, 3.8) is 0 Å². The van der Waals surface area contributed by atoms with E-state index in [1.54, 1.807) is 6.07 Å². The minimum atomic E-state index is -3.52. The lowest BCUT2D eigenvalue weighted by molar-refractivity contribution is 0.340. The monoisotopic (exact) mass is 359 g/mol. The standard InChI is InChI=1S/C16H25NO4S2/c1-12-5-7-13(8-6-12)17(2)15-10-9-14(22(3,18)19)11-16(15)23(4,20)21/h9-13H,5-8H2,1-4H3. The molecule has 2 rings (SSSR count). The van der Waals surface area contributed by atoms with Gasteiger partial charge in [0.25, 0.3) is 0 Å². The van der Waals surface area contributed by atoms with Gasteiger partial charge in [0.2, 0.25) is 0 Å². The molecule has 1 saturated carbocycles. The Morgan fingerprint density at radius 1 is 0.957 bits per heavy atom. The van der Waals surface area contributed by atoms with Gasteiger partial charge in [-0.3, -0.25) is 0 Å². The third-order valence-electron chi connectivity index (χ3n) is 4.67. The highest BCUT2D eigenvalue weighted by molar-refractivity contribution is 7.91. The first-order chi connectivity index (χ1) is 10.5. The molecule has 1 aromatic rings. The van der Waals surface area contributed by atoms with Crippen LogP contribution in [-0.4, -0.2) is 42.4 Å². The second-order valence-corrected chi connectivity index (χ2v) is 10.7. The van der Waals surface area contributed by atoms with E-state index >= 15 is 0 Å². The van der Waals surface area contributed by atoms with E-state index in [4.69, 9.17) is 0 Å². The normalized spacial score (nSPS) is 22.8. The molecular formula is C16H25NO4S2. The Balaban J connectivity index is 2.45. The van der Waals surface area contributed by atoms with Gasteiger partial charge in [-0.15, -0.1) is 0 Å². The maximum Gasteiger partial charge on any atom is 0.177 e. The summed E-state index contributed by atoms with van der Waals surface area (Å²) in [6, 6.07) is 4.67. The van der Waals surface area contributed by atoms with Crippen molar-refractivity contribution in [2.24, 2.45) is 5.92 Å². The summed E-state index contributed by atoms with van der Waals surface area (Å²) in [6.45, 7) is 2.24. The molecule has 1 aliphatic carbocycles. The van der Waals surface area contributed by atoms with E-state index in [0.29, 0.717) is 11.6 Å². The Labute approximate surface area is 139 Å². The zero-order valence-corrected chi connectivity index (χ0v) is 15.7. The zero-order chi connectivity index (χ0) is 17.4. The molecule has 0 spiro atoms. The maximum atomic E-state index is 12.2. The maximum absolute atomic E-state index is 12.2. The first-order valence-corrected chi connectivity index (χ1v) is 11.6. The Bertz CT molecular complexity index is 776. The lowest BCUT2D eigenvalue weighted by Gasteiger charge is -2.36. The average molecular weight is 360 g/mol. The molecule has 0 N–H and O–H groups in total. The van der Waals surface area contributed by atoms with Crippen LogP contribution in [0.1, 0.15) is 32.6 Å². The largest absolute Gasteiger partial charge is 0.371 e. The van der Waals surface area contributed by atoms with E-state index in [-0.39, 0.29) is 15.8 Å². The van der Waals surface area contributed by atoms with E-state index in [1.165, 1.54) is 12.1 Å². The first kappa shape index (κ1) is 18.3. The van der Waals surface area contributed by atoms with E-state index in [9.17, 15) is 16.8 Å². The number of sulfone groups is 2. The average Bonchev–Trinajstić information content (AvgIpc) is 2.45. The minimum absolute atomic E-state index is 0.0346. The zero-order valence-electron chi connectivity index (χ0n) is 14.1. The van der Waals surface area contributed by atoms with E-state index in [1.807, 2.05) is 11.9 Å². The molecule has 0 atom stereocenters. The summed E-state index contributed by atoms with van der Waals surface area (Å²) in [5, 5.41) is 0. The summed E-state index contributed by atoms with van der Waals surface area (Å²) in [6.07, 6.45) is 6.51.